The quantitative estimate of drug-likeness (QED) is 0.418. The number of guanidine groups is 1. The average molecular weight is 311 g/mol. The fourth-order valence-electron chi connectivity index (χ4n) is 2.19. The summed E-state index contributed by atoms with van der Waals surface area (Å²) >= 11 is 1.81. The Hall–Kier alpha value is -1.07. The van der Waals surface area contributed by atoms with Gasteiger partial charge in [-0.15, -0.1) is 11.3 Å². The van der Waals surface area contributed by atoms with Crippen LogP contribution in [0.15, 0.2) is 22.5 Å². The van der Waals surface area contributed by atoms with Crippen LogP contribution in [0.25, 0.3) is 0 Å². The van der Waals surface area contributed by atoms with Gasteiger partial charge in [0.2, 0.25) is 0 Å². The van der Waals surface area contributed by atoms with Crippen molar-refractivity contribution in [2.45, 2.75) is 33.1 Å². The van der Waals surface area contributed by atoms with E-state index in [1.165, 1.54) is 4.88 Å². The third-order valence-electron chi connectivity index (χ3n) is 3.67. The Bertz CT molecular complexity index is 385. The lowest BCUT2D eigenvalue weighted by molar-refractivity contribution is 0.300. The summed E-state index contributed by atoms with van der Waals surface area (Å²) in [5.74, 6) is 1.41. The lowest BCUT2D eigenvalue weighted by Crippen LogP contribution is -2.40. The van der Waals surface area contributed by atoms with Crippen LogP contribution in [0.3, 0.4) is 0 Å². The fourth-order valence-corrected chi connectivity index (χ4v) is 2.98. The SMILES string of the molecule is CCN(CC)CCCNC(=NC)NCC(C)c1cccs1. The van der Waals surface area contributed by atoms with Crippen molar-refractivity contribution in [1.82, 2.24) is 15.5 Å². The van der Waals surface area contributed by atoms with Gasteiger partial charge < -0.3 is 15.5 Å². The van der Waals surface area contributed by atoms with Gasteiger partial charge in [0.15, 0.2) is 5.96 Å². The summed E-state index contributed by atoms with van der Waals surface area (Å²) in [5, 5.41) is 8.93. The molecule has 2 N–H and O–H groups in total. The number of nitrogens with one attached hydrogen (secondary N) is 2. The molecular weight excluding hydrogens is 280 g/mol. The number of hydrogen-bond donors (Lipinski definition) is 2. The molecule has 0 aliphatic carbocycles. The first-order chi connectivity index (χ1) is 10.2. The molecule has 4 nitrogen and oxygen atoms in total. The van der Waals surface area contributed by atoms with Crippen LogP contribution in [-0.2, 0) is 0 Å². The maximum Gasteiger partial charge on any atom is 0.190 e. The topological polar surface area (TPSA) is 39.7 Å². The van der Waals surface area contributed by atoms with Crippen molar-refractivity contribution in [3.8, 4) is 0 Å². The minimum atomic E-state index is 0.513. The lowest BCUT2D eigenvalue weighted by atomic mass is 10.1. The highest BCUT2D eigenvalue weighted by atomic mass is 32.1. The molecule has 1 aromatic rings. The molecule has 0 saturated carbocycles. The van der Waals surface area contributed by atoms with Crippen LogP contribution >= 0.6 is 11.3 Å². The van der Waals surface area contributed by atoms with Gasteiger partial charge in [0, 0.05) is 30.9 Å². The fraction of sp³-hybridized carbons (Fsp3) is 0.688. The van der Waals surface area contributed by atoms with Gasteiger partial charge in [-0.1, -0.05) is 26.8 Å². The summed E-state index contributed by atoms with van der Waals surface area (Å²) in [6, 6.07) is 4.30. The molecule has 0 amide bonds. The molecule has 0 bridgehead atoms. The largest absolute Gasteiger partial charge is 0.356 e. The molecule has 1 rings (SSSR count). The molecular formula is C16H30N4S. The van der Waals surface area contributed by atoms with Gasteiger partial charge in [-0.2, -0.15) is 0 Å². The van der Waals surface area contributed by atoms with Crippen LogP contribution in [-0.4, -0.2) is 50.6 Å². The number of hydrogen-bond acceptors (Lipinski definition) is 3. The van der Waals surface area contributed by atoms with Crippen LogP contribution in [0.5, 0.6) is 0 Å². The zero-order valence-electron chi connectivity index (χ0n) is 13.9. The first-order valence-electron chi connectivity index (χ1n) is 7.91. The van der Waals surface area contributed by atoms with E-state index < -0.39 is 0 Å². The van der Waals surface area contributed by atoms with Crippen LogP contribution in [0.2, 0.25) is 0 Å². The summed E-state index contributed by atoms with van der Waals surface area (Å²) < 4.78 is 0. The highest BCUT2D eigenvalue weighted by Crippen LogP contribution is 2.19. The van der Waals surface area contributed by atoms with Crippen molar-refractivity contribution < 1.29 is 0 Å². The van der Waals surface area contributed by atoms with Gasteiger partial charge >= 0.3 is 0 Å². The van der Waals surface area contributed by atoms with E-state index >= 15 is 0 Å². The van der Waals surface area contributed by atoms with Crippen molar-refractivity contribution in [3.05, 3.63) is 22.4 Å². The van der Waals surface area contributed by atoms with Crippen LogP contribution in [0.4, 0.5) is 0 Å². The average Bonchev–Trinajstić information content (AvgIpc) is 3.04. The Morgan fingerprint density at radius 2 is 2.10 bits per heavy atom. The molecule has 0 fully saturated rings. The molecule has 21 heavy (non-hydrogen) atoms. The van der Waals surface area contributed by atoms with E-state index in [4.69, 9.17) is 0 Å². The van der Waals surface area contributed by atoms with E-state index in [0.29, 0.717) is 5.92 Å². The predicted octanol–water partition coefficient (Wildman–Crippen LogP) is 2.75. The Morgan fingerprint density at radius 1 is 1.33 bits per heavy atom. The predicted molar refractivity (Wildman–Crippen MR) is 94.5 cm³/mol. The van der Waals surface area contributed by atoms with Gasteiger partial charge in [-0.25, -0.2) is 0 Å². The second-order valence-corrected chi connectivity index (χ2v) is 6.16. The van der Waals surface area contributed by atoms with E-state index in [0.717, 1.165) is 45.1 Å². The third-order valence-corrected chi connectivity index (χ3v) is 4.77. The Labute approximate surface area is 133 Å². The highest BCUT2D eigenvalue weighted by Gasteiger charge is 2.07. The van der Waals surface area contributed by atoms with Crippen molar-refractivity contribution in [2.24, 2.45) is 4.99 Å². The molecule has 0 radical (unpaired) electrons. The summed E-state index contributed by atoms with van der Waals surface area (Å²) in [7, 11) is 1.83. The first kappa shape index (κ1) is 18.0. The third kappa shape index (κ3) is 6.96. The normalized spacial score (nSPS) is 13.5. The molecule has 0 aromatic carbocycles. The second kappa shape index (κ2) is 10.6. The van der Waals surface area contributed by atoms with Gasteiger partial charge in [0.05, 0.1) is 0 Å². The van der Waals surface area contributed by atoms with E-state index in [1.54, 1.807) is 0 Å². The zero-order valence-corrected chi connectivity index (χ0v) is 14.7. The maximum absolute atomic E-state index is 4.28. The van der Waals surface area contributed by atoms with Crippen LogP contribution in [0.1, 0.15) is 38.0 Å². The Morgan fingerprint density at radius 3 is 2.67 bits per heavy atom. The van der Waals surface area contributed by atoms with Gasteiger partial charge in [0.25, 0.3) is 0 Å². The molecule has 1 heterocycles. The minimum Gasteiger partial charge on any atom is -0.356 e. The smallest absolute Gasteiger partial charge is 0.190 e. The van der Waals surface area contributed by atoms with Crippen molar-refractivity contribution in [1.29, 1.82) is 0 Å². The van der Waals surface area contributed by atoms with Gasteiger partial charge in [-0.3, -0.25) is 4.99 Å². The molecule has 0 spiro atoms. The van der Waals surface area contributed by atoms with Crippen LogP contribution < -0.4 is 10.6 Å². The molecule has 1 aromatic heterocycles. The van der Waals surface area contributed by atoms with Crippen molar-refractivity contribution >= 4 is 17.3 Å². The van der Waals surface area contributed by atoms with Crippen LogP contribution in [0, 0.1) is 0 Å². The Kier molecular flexibility index (Phi) is 9.10. The summed E-state index contributed by atoms with van der Waals surface area (Å²) in [5.41, 5.74) is 0. The summed E-state index contributed by atoms with van der Waals surface area (Å²) in [4.78, 5) is 8.14. The van der Waals surface area contributed by atoms with E-state index in [2.05, 4.69) is 58.8 Å². The first-order valence-corrected chi connectivity index (χ1v) is 8.79. The van der Waals surface area contributed by atoms with E-state index in [9.17, 15) is 0 Å². The molecule has 1 unspecified atom stereocenters. The monoisotopic (exact) mass is 310 g/mol. The van der Waals surface area contributed by atoms with E-state index in [-0.39, 0.29) is 0 Å². The minimum absolute atomic E-state index is 0.513. The Balaban J connectivity index is 2.20. The molecule has 1 atom stereocenters. The molecule has 0 aliphatic heterocycles. The second-order valence-electron chi connectivity index (χ2n) is 5.18. The maximum atomic E-state index is 4.28. The standard InChI is InChI=1S/C16H30N4S/c1-5-20(6-2)11-8-10-18-16(17-4)19-13-14(3)15-9-7-12-21-15/h7,9,12,14H,5-6,8,10-11,13H2,1-4H3,(H2,17,18,19). The summed E-state index contributed by atoms with van der Waals surface area (Å²) in [6.07, 6.45) is 1.14. The number of nitrogens with zero attached hydrogens (tertiary/aromatic N) is 2. The molecule has 0 saturated heterocycles. The van der Waals surface area contributed by atoms with Crippen molar-refractivity contribution in [3.63, 3.8) is 0 Å². The van der Waals surface area contributed by atoms with E-state index in [1.807, 2.05) is 18.4 Å². The van der Waals surface area contributed by atoms with Gasteiger partial charge in [0.1, 0.15) is 0 Å². The molecule has 5 heteroatoms. The number of thiophene rings is 1. The molecule has 0 aliphatic rings. The number of rotatable bonds is 9. The highest BCUT2D eigenvalue weighted by molar-refractivity contribution is 7.10. The lowest BCUT2D eigenvalue weighted by Gasteiger charge is -2.19. The summed E-state index contributed by atoms with van der Waals surface area (Å²) in [6.45, 7) is 11.9. The van der Waals surface area contributed by atoms with Gasteiger partial charge in [-0.05, 0) is 37.5 Å². The van der Waals surface area contributed by atoms with Crippen molar-refractivity contribution in [2.75, 3.05) is 39.8 Å². The number of aliphatic imine (C=N–C) groups is 1. The molecule has 120 valence electrons. The zero-order chi connectivity index (χ0) is 15.5.